The van der Waals surface area contributed by atoms with E-state index in [0.717, 1.165) is 21.5 Å². The summed E-state index contributed by atoms with van der Waals surface area (Å²) in [5.41, 5.74) is 0.846. The zero-order chi connectivity index (χ0) is 11.4. The third kappa shape index (κ3) is 2.17. The van der Waals surface area contributed by atoms with Crippen LogP contribution >= 0.6 is 11.3 Å². The average Bonchev–Trinajstić information content (AvgIpc) is 2.72. The monoisotopic (exact) mass is 229 g/mol. The number of nitrogens with one attached hydrogen (secondary N) is 1. The molecule has 0 saturated heterocycles. The number of nitrogens with zero attached hydrogens (tertiary/aromatic N) is 2. The van der Waals surface area contributed by atoms with Crippen molar-refractivity contribution in [2.45, 2.75) is 0 Å². The number of hydrogen-bond donors (Lipinski definition) is 1. The second-order valence-electron chi connectivity index (χ2n) is 3.02. The van der Waals surface area contributed by atoms with Gasteiger partial charge in [-0.25, -0.2) is 9.97 Å². The predicted molar refractivity (Wildman–Crippen MR) is 69.8 cm³/mol. The smallest absolute Gasteiger partial charge is 0.189 e. The Morgan fingerprint density at radius 1 is 1.25 bits per heavy atom. The molecule has 0 unspecified atom stereocenters. The molecule has 16 heavy (non-hydrogen) atoms. The molecule has 2 heterocycles. The van der Waals surface area contributed by atoms with E-state index in [1.54, 1.807) is 18.3 Å². The first kappa shape index (κ1) is 10.6. The molecule has 3 nitrogen and oxygen atoms in total. The molecule has 80 valence electrons. The van der Waals surface area contributed by atoms with Gasteiger partial charge in [-0.15, -0.1) is 0 Å². The molecule has 0 aromatic carbocycles. The number of rotatable bonds is 4. The Bertz CT molecular complexity index is 477. The highest BCUT2D eigenvalue weighted by Gasteiger charge is 2.05. The van der Waals surface area contributed by atoms with Crippen LogP contribution in [-0.2, 0) is 0 Å². The lowest BCUT2D eigenvalue weighted by Gasteiger charge is -1.98. The Labute approximate surface area is 98.2 Å². The summed E-state index contributed by atoms with van der Waals surface area (Å²) in [6.45, 7) is 7.45. The molecule has 0 atom stereocenters. The lowest BCUT2D eigenvalue weighted by atomic mass is 10.3. The molecule has 0 spiro atoms. The summed E-state index contributed by atoms with van der Waals surface area (Å²) in [5.74, 6) is 0.780. The first-order chi connectivity index (χ1) is 7.83. The van der Waals surface area contributed by atoms with Gasteiger partial charge in [0, 0.05) is 6.20 Å². The zero-order valence-corrected chi connectivity index (χ0v) is 9.50. The van der Waals surface area contributed by atoms with E-state index in [9.17, 15) is 0 Å². The van der Waals surface area contributed by atoms with Crippen LogP contribution in [0.5, 0.6) is 0 Å². The highest BCUT2D eigenvalue weighted by molar-refractivity contribution is 7.16. The Morgan fingerprint density at radius 3 is 2.69 bits per heavy atom. The van der Waals surface area contributed by atoms with Gasteiger partial charge in [0.25, 0.3) is 0 Å². The van der Waals surface area contributed by atoms with Gasteiger partial charge in [0.1, 0.15) is 5.82 Å². The number of thiazole rings is 1. The van der Waals surface area contributed by atoms with Crippen LogP contribution < -0.4 is 5.32 Å². The van der Waals surface area contributed by atoms with Crippen molar-refractivity contribution in [2.24, 2.45) is 0 Å². The minimum atomic E-state index is 0.780. The first-order valence-electron chi connectivity index (χ1n) is 4.77. The van der Waals surface area contributed by atoms with E-state index < -0.39 is 0 Å². The Kier molecular flexibility index (Phi) is 3.12. The van der Waals surface area contributed by atoms with E-state index in [4.69, 9.17) is 0 Å². The van der Waals surface area contributed by atoms with E-state index in [-0.39, 0.29) is 0 Å². The Hall–Kier alpha value is -1.94. The van der Waals surface area contributed by atoms with Crippen molar-refractivity contribution in [1.82, 2.24) is 9.97 Å². The number of hydrogen-bond acceptors (Lipinski definition) is 4. The lowest BCUT2D eigenvalue weighted by molar-refractivity contribution is 1.28. The van der Waals surface area contributed by atoms with Crippen LogP contribution in [0.25, 0.3) is 12.2 Å². The standard InChI is InChI=1S/C12H11N3S/c1-3-9-10(4-2)16-12(14-9)15-11-7-5-6-8-13-11/h3-8H,1-2H2,(H,13,14,15). The van der Waals surface area contributed by atoms with Gasteiger partial charge in [-0.3, -0.25) is 0 Å². The van der Waals surface area contributed by atoms with Crippen LogP contribution in [0, 0.1) is 0 Å². The maximum atomic E-state index is 4.37. The van der Waals surface area contributed by atoms with Gasteiger partial charge >= 0.3 is 0 Å². The summed E-state index contributed by atoms with van der Waals surface area (Å²) in [6, 6.07) is 5.69. The van der Waals surface area contributed by atoms with Crippen molar-refractivity contribution in [3.05, 3.63) is 48.1 Å². The van der Waals surface area contributed by atoms with Crippen LogP contribution in [0.4, 0.5) is 10.9 Å². The number of aromatic nitrogens is 2. The van der Waals surface area contributed by atoms with Gasteiger partial charge in [-0.1, -0.05) is 30.6 Å². The highest BCUT2D eigenvalue weighted by atomic mass is 32.1. The maximum Gasteiger partial charge on any atom is 0.189 e. The fourth-order valence-corrected chi connectivity index (χ4v) is 2.06. The minimum Gasteiger partial charge on any atom is -0.316 e. The summed E-state index contributed by atoms with van der Waals surface area (Å²) in [6.07, 6.45) is 5.23. The molecular formula is C12H11N3S. The van der Waals surface area contributed by atoms with Crippen molar-refractivity contribution >= 4 is 34.4 Å². The molecule has 0 aliphatic rings. The molecule has 2 aromatic rings. The molecule has 0 amide bonds. The largest absolute Gasteiger partial charge is 0.316 e. The minimum absolute atomic E-state index is 0.780. The third-order valence-corrected chi connectivity index (χ3v) is 2.94. The van der Waals surface area contributed by atoms with Crippen molar-refractivity contribution in [3.63, 3.8) is 0 Å². The fourth-order valence-electron chi connectivity index (χ4n) is 1.24. The van der Waals surface area contributed by atoms with E-state index in [0.29, 0.717) is 0 Å². The van der Waals surface area contributed by atoms with Gasteiger partial charge in [0.2, 0.25) is 0 Å². The molecule has 0 aliphatic carbocycles. The van der Waals surface area contributed by atoms with Crippen LogP contribution in [0.2, 0.25) is 0 Å². The van der Waals surface area contributed by atoms with Crippen LogP contribution in [0.3, 0.4) is 0 Å². The van der Waals surface area contributed by atoms with Crippen molar-refractivity contribution in [2.75, 3.05) is 5.32 Å². The van der Waals surface area contributed by atoms with E-state index >= 15 is 0 Å². The summed E-state index contributed by atoms with van der Waals surface area (Å²) in [7, 11) is 0. The molecule has 0 fully saturated rings. The number of anilines is 2. The maximum absolute atomic E-state index is 4.37. The van der Waals surface area contributed by atoms with Crippen molar-refractivity contribution in [1.29, 1.82) is 0 Å². The van der Waals surface area contributed by atoms with Gasteiger partial charge in [0.05, 0.1) is 10.6 Å². The Balaban J connectivity index is 2.25. The molecule has 0 radical (unpaired) electrons. The zero-order valence-electron chi connectivity index (χ0n) is 8.68. The van der Waals surface area contributed by atoms with E-state index in [2.05, 4.69) is 28.4 Å². The Morgan fingerprint density at radius 2 is 2.12 bits per heavy atom. The van der Waals surface area contributed by atoms with Crippen molar-refractivity contribution in [3.8, 4) is 0 Å². The summed E-state index contributed by atoms with van der Waals surface area (Å²) in [4.78, 5) is 9.55. The van der Waals surface area contributed by atoms with E-state index in [1.807, 2.05) is 18.2 Å². The second kappa shape index (κ2) is 4.72. The predicted octanol–water partition coefficient (Wildman–Crippen LogP) is 3.57. The highest BCUT2D eigenvalue weighted by Crippen LogP contribution is 2.26. The third-order valence-electron chi connectivity index (χ3n) is 1.96. The van der Waals surface area contributed by atoms with E-state index in [1.165, 1.54) is 11.3 Å². The van der Waals surface area contributed by atoms with Gasteiger partial charge in [-0.05, 0) is 24.3 Å². The lowest BCUT2D eigenvalue weighted by Crippen LogP contribution is -1.91. The topological polar surface area (TPSA) is 37.8 Å². The normalized spacial score (nSPS) is 9.75. The van der Waals surface area contributed by atoms with Crippen LogP contribution in [0.1, 0.15) is 10.6 Å². The molecule has 0 bridgehead atoms. The molecule has 2 aromatic heterocycles. The molecule has 1 N–H and O–H groups in total. The fraction of sp³-hybridized carbons (Fsp3) is 0. The molecule has 0 aliphatic heterocycles. The van der Waals surface area contributed by atoms with Crippen molar-refractivity contribution < 1.29 is 0 Å². The van der Waals surface area contributed by atoms with Gasteiger partial charge in [-0.2, -0.15) is 0 Å². The van der Waals surface area contributed by atoms with Gasteiger partial charge in [0.15, 0.2) is 5.13 Å². The molecule has 2 rings (SSSR count). The molecule has 4 heteroatoms. The average molecular weight is 229 g/mol. The van der Waals surface area contributed by atoms with Gasteiger partial charge < -0.3 is 5.32 Å². The van der Waals surface area contributed by atoms with Crippen LogP contribution in [-0.4, -0.2) is 9.97 Å². The summed E-state index contributed by atoms with van der Waals surface area (Å²) < 4.78 is 0. The molecular weight excluding hydrogens is 218 g/mol. The second-order valence-corrected chi connectivity index (χ2v) is 4.05. The summed E-state index contributed by atoms with van der Waals surface area (Å²) in [5, 5.41) is 3.93. The first-order valence-corrected chi connectivity index (χ1v) is 5.59. The quantitative estimate of drug-likeness (QED) is 0.871. The summed E-state index contributed by atoms with van der Waals surface area (Å²) >= 11 is 1.53. The van der Waals surface area contributed by atoms with Crippen LogP contribution in [0.15, 0.2) is 37.6 Å². The molecule has 0 saturated carbocycles. The number of pyridine rings is 1. The SMILES string of the molecule is C=Cc1nc(Nc2ccccn2)sc1C=C.